The van der Waals surface area contributed by atoms with Crippen LogP contribution in [-0.2, 0) is 13.5 Å². The number of anilines is 1. The molecular formula is C8H15N3. The van der Waals surface area contributed by atoms with E-state index >= 15 is 0 Å². The Bertz CT molecular complexity index is 237. The van der Waals surface area contributed by atoms with Crippen molar-refractivity contribution in [1.82, 2.24) is 9.55 Å². The first-order valence-electron chi connectivity index (χ1n) is 3.87. The molecule has 0 saturated heterocycles. The number of hydrogen-bond acceptors (Lipinski definition) is 2. The molecule has 2 N–H and O–H groups in total. The summed E-state index contributed by atoms with van der Waals surface area (Å²) in [7, 11) is 1.94. The minimum absolute atomic E-state index is 0.598. The summed E-state index contributed by atoms with van der Waals surface area (Å²) in [6, 6.07) is 0. The highest BCUT2D eigenvalue weighted by atomic mass is 15.1. The Labute approximate surface area is 67.2 Å². The number of aromatic nitrogens is 2. The van der Waals surface area contributed by atoms with Crippen LogP contribution < -0.4 is 5.73 Å². The van der Waals surface area contributed by atoms with Crippen molar-refractivity contribution in [1.29, 1.82) is 0 Å². The Hall–Kier alpha value is -0.990. The van der Waals surface area contributed by atoms with Crippen molar-refractivity contribution in [2.24, 2.45) is 13.0 Å². The van der Waals surface area contributed by atoms with Crippen LogP contribution in [0.25, 0.3) is 0 Å². The van der Waals surface area contributed by atoms with Gasteiger partial charge in [-0.2, -0.15) is 0 Å². The maximum absolute atomic E-state index is 5.57. The lowest BCUT2D eigenvalue weighted by Gasteiger charge is -2.05. The molecule has 0 fully saturated rings. The van der Waals surface area contributed by atoms with Crippen molar-refractivity contribution in [3.05, 3.63) is 11.9 Å². The van der Waals surface area contributed by atoms with Gasteiger partial charge in [0, 0.05) is 12.7 Å². The second kappa shape index (κ2) is 2.95. The van der Waals surface area contributed by atoms with Crippen molar-refractivity contribution in [3.8, 4) is 0 Å². The summed E-state index contributed by atoms with van der Waals surface area (Å²) < 4.78 is 1.93. The van der Waals surface area contributed by atoms with Gasteiger partial charge < -0.3 is 10.3 Å². The first kappa shape index (κ1) is 8.11. The predicted octanol–water partition coefficient (Wildman–Crippen LogP) is 1.20. The van der Waals surface area contributed by atoms with Crippen LogP contribution in [0.2, 0.25) is 0 Å². The summed E-state index contributed by atoms with van der Waals surface area (Å²) in [6.45, 7) is 4.37. The van der Waals surface area contributed by atoms with Crippen molar-refractivity contribution in [2.75, 3.05) is 5.73 Å². The van der Waals surface area contributed by atoms with E-state index in [4.69, 9.17) is 5.73 Å². The van der Waals surface area contributed by atoms with Gasteiger partial charge in [-0.3, -0.25) is 0 Å². The number of nitrogens with two attached hydrogens (primary N) is 1. The molecule has 62 valence electrons. The molecule has 0 radical (unpaired) electrons. The van der Waals surface area contributed by atoms with Gasteiger partial charge in [-0.05, 0) is 12.3 Å². The summed E-state index contributed by atoms with van der Waals surface area (Å²) in [4.78, 5) is 4.01. The fourth-order valence-corrected chi connectivity index (χ4v) is 1.07. The fraction of sp³-hybridized carbons (Fsp3) is 0.625. The van der Waals surface area contributed by atoms with Gasteiger partial charge in [-0.15, -0.1) is 0 Å². The Morgan fingerprint density at radius 3 is 2.64 bits per heavy atom. The van der Waals surface area contributed by atoms with Gasteiger partial charge >= 0.3 is 0 Å². The summed E-state index contributed by atoms with van der Waals surface area (Å²) in [6.07, 6.45) is 2.88. The Kier molecular flexibility index (Phi) is 2.17. The number of nitrogen functional groups attached to an aromatic ring is 1. The average molecular weight is 153 g/mol. The average Bonchev–Trinajstić information content (AvgIpc) is 2.18. The van der Waals surface area contributed by atoms with Crippen molar-refractivity contribution >= 4 is 5.95 Å². The molecule has 0 bridgehead atoms. The first-order chi connectivity index (χ1) is 5.11. The van der Waals surface area contributed by atoms with E-state index in [-0.39, 0.29) is 0 Å². The molecule has 1 rings (SSSR count). The van der Waals surface area contributed by atoms with Crippen LogP contribution in [0, 0.1) is 5.92 Å². The van der Waals surface area contributed by atoms with Gasteiger partial charge in [-0.25, -0.2) is 4.98 Å². The van der Waals surface area contributed by atoms with E-state index in [0.29, 0.717) is 11.9 Å². The molecule has 0 unspecified atom stereocenters. The minimum atomic E-state index is 0.598. The normalized spacial score (nSPS) is 10.9. The number of hydrogen-bond donors (Lipinski definition) is 1. The van der Waals surface area contributed by atoms with Crippen LogP contribution >= 0.6 is 0 Å². The second-order valence-electron chi connectivity index (χ2n) is 3.26. The van der Waals surface area contributed by atoms with Crippen LogP contribution in [0.1, 0.15) is 19.5 Å². The molecule has 0 amide bonds. The van der Waals surface area contributed by atoms with Crippen LogP contribution in [0.3, 0.4) is 0 Å². The number of imidazole rings is 1. The molecule has 1 aromatic rings. The van der Waals surface area contributed by atoms with Gasteiger partial charge in [0.2, 0.25) is 0 Å². The second-order valence-corrected chi connectivity index (χ2v) is 3.26. The summed E-state index contributed by atoms with van der Waals surface area (Å²) in [5.41, 5.74) is 6.77. The molecule has 0 saturated carbocycles. The van der Waals surface area contributed by atoms with Gasteiger partial charge in [0.25, 0.3) is 0 Å². The van der Waals surface area contributed by atoms with Crippen LogP contribution in [0.15, 0.2) is 6.20 Å². The van der Waals surface area contributed by atoms with E-state index in [0.717, 1.165) is 6.42 Å². The van der Waals surface area contributed by atoms with E-state index in [1.165, 1.54) is 5.69 Å². The lowest BCUT2D eigenvalue weighted by atomic mass is 10.1. The lowest BCUT2D eigenvalue weighted by Crippen LogP contribution is -2.03. The maximum Gasteiger partial charge on any atom is 0.200 e. The summed E-state index contributed by atoms with van der Waals surface area (Å²) in [5.74, 6) is 1.26. The van der Waals surface area contributed by atoms with Gasteiger partial charge in [0.1, 0.15) is 0 Å². The fourth-order valence-electron chi connectivity index (χ4n) is 1.07. The van der Waals surface area contributed by atoms with Crippen LogP contribution in [0.5, 0.6) is 0 Å². The minimum Gasteiger partial charge on any atom is -0.369 e. The molecule has 11 heavy (non-hydrogen) atoms. The van der Waals surface area contributed by atoms with Gasteiger partial charge in [0.15, 0.2) is 5.95 Å². The van der Waals surface area contributed by atoms with Crippen molar-refractivity contribution in [3.63, 3.8) is 0 Å². The Morgan fingerprint density at radius 2 is 2.27 bits per heavy atom. The molecule has 0 aliphatic rings. The zero-order valence-corrected chi connectivity index (χ0v) is 7.33. The van der Waals surface area contributed by atoms with Gasteiger partial charge in [0.05, 0.1) is 6.20 Å². The monoisotopic (exact) mass is 153 g/mol. The summed E-state index contributed by atoms with van der Waals surface area (Å²) >= 11 is 0. The standard InChI is InChI=1S/C8H15N3/c1-6(2)4-7-5-10-8(9)11(7)3/h5-6H,4H2,1-3H3,(H2,9,10). The highest BCUT2D eigenvalue weighted by molar-refractivity contribution is 5.21. The molecule has 1 heterocycles. The van der Waals surface area contributed by atoms with E-state index in [1.807, 2.05) is 17.8 Å². The highest BCUT2D eigenvalue weighted by Crippen LogP contribution is 2.09. The smallest absolute Gasteiger partial charge is 0.200 e. The molecular weight excluding hydrogens is 138 g/mol. The quantitative estimate of drug-likeness (QED) is 0.693. The van der Waals surface area contributed by atoms with Crippen LogP contribution in [-0.4, -0.2) is 9.55 Å². The third kappa shape index (κ3) is 1.73. The topological polar surface area (TPSA) is 43.8 Å². The molecule has 0 spiro atoms. The molecule has 3 heteroatoms. The third-order valence-corrected chi connectivity index (χ3v) is 1.74. The molecule has 0 aliphatic heterocycles. The first-order valence-corrected chi connectivity index (χ1v) is 3.87. The molecule has 0 aromatic carbocycles. The van der Waals surface area contributed by atoms with E-state index in [9.17, 15) is 0 Å². The summed E-state index contributed by atoms with van der Waals surface area (Å²) in [5, 5.41) is 0. The van der Waals surface area contributed by atoms with E-state index in [2.05, 4.69) is 18.8 Å². The van der Waals surface area contributed by atoms with Crippen molar-refractivity contribution in [2.45, 2.75) is 20.3 Å². The third-order valence-electron chi connectivity index (χ3n) is 1.74. The van der Waals surface area contributed by atoms with Crippen molar-refractivity contribution < 1.29 is 0 Å². The SMILES string of the molecule is CC(C)Cc1cnc(N)n1C. The van der Waals surface area contributed by atoms with E-state index < -0.39 is 0 Å². The zero-order valence-electron chi connectivity index (χ0n) is 7.33. The van der Waals surface area contributed by atoms with Gasteiger partial charge in [-0.1, -0.05) is 13.8 Å². The molecule has 1 aromatic heterocycles. The number of rotatable bonds is 2. The molecule has 0 atom stereocenters. The number of nitrogens with zero attached hydrogens (tertiary/aromatic N) is 2. The molecule has 0 aliphatic carbocycles. The maximum atomic E-state index is 5.57. The largest absolute Gasteiger partial charge is 0.369 e. The highest BCUT2D eigenvalue weighted by Gasteiger charge is 2.04. The van der Waals surface area contributed by atoms with Crippen LogP contribution in [0.4, 0.5) is 5.95 Å². The predicted molar refractivity (Wildman–Crippen MR) is 46.2 cm³/mol. The lowest BCUT2D eigenvalue weighted by molar-refractivity contribution is 0.618. The zero-order chi connectivity index (χ0) is 8.43. The Balaban J connectivity index is 2.79. The Morgan fingerprint density at radius 1 is 1.64 bits per heavy atom. The van der Waals surface area contributed by atoms with E-state index in [1.54, 1.807) is 0 Å². The molecule has 3 nitrogen and oxygen atoms in total.